The van der Waals surface area contributed by atoms with Gasteiger partial charge in [0.2, 0.25) is 0 Å². The number of hydrogen-bond acceptors (Lipinski definition) is 4. The Labute approximate surface area is 153 Å². The van der Waals surface area contributed by atoms with Crippen molar-refractivity contribution in [1.82, 2.24) is 5.32 Å². The molecule has 4 aliphatic rings. The maximum absolute atomic E-state index is 9.10. The predicted molar refractivity (Wildman–Crippen MR) is 95.9 cm³/mol. The first-order valence-electron chi connectivity index (χ1n) is 9.29. The molecular weight excluding hydrogens is 334 g/mol. The molecule has 5 rings (SSSR count). The van der Waals surface area contributed by atoms with Gasteiger partial charge >= 0.3 is 11.9 Å². The van der Waals surface area contributed by atoms with Crippen molar-refractivity contribution in [2.45, 2.75) is 44.7 Å². The summed E-state index contributed by atoms with van der Waals surface area (Å²) in [5.41, 5.74) is 1.30. The summed E-state index contributed by atoms with van der Waals surface area (Å²) < 4.78 is 5.46. The monoisotopic (exact) mass is 361 g/mol. The summed E-state index contributed by atoms with van der Waals surface area (Å²) in [7, 11) is 1.77. The molecule has 0 atom stereocenters. The molecule has 4 aliphatic carbocycles. The summed E-state index contributed by atoms with van der Waals surface area (Å²) in [5, 5.41) is 18.7. The molecule has 0 aliphatic heterocycles. The fraction of sp³-hybridized carbons (Fsp3) is 0.600. The van der Waals surface area contributed by atoms with E-state index in [2.05, 4.69) is 23.5 Å². The fourth-order valence-corrected chi connectivity index (χ4v) is 5.34. The highest BCUT2D eigenvalue weighted by Gasteiger charge is 2.47. The maximum Gasteiger partial charge on any atom is 0.414 e. The maximum atomic E-state index is 9.10. The Morgan fingerprint density at radius 1 is 1.00 bits per heavy atom. The van der Waals surface area contributed by atoms with E-state index in [1.165, 1.54) is 37.7 Å². The smallest absolute Gasteiger partial charge is 0.414 e. The topological polar surface area (TPSA) is 95.9 Å². The molecule has 0 aromatic heterocycles. The van der Waals surface area contributed by atoms with Crippen molar-refractivity contribution in [2.24, 2.45) is 23.7 Å². The Morgan fingerprint density at radius 2 is 1.54 bits per heavy atom. The molecule has 0 unspecified atom stereocenters. The van der Waals surface area contributed by atoms with Crippen molar-refractivity contribution >= 4 is 11.9 Å². The van der Waals surface area contributed by atoms with Gasteiger partial charge < -0.3 is 20.3 Å². The van der Waals surface area contributed by atoms with Crippen molar-refractivity contribution in [3.63, 3.8) is 0 Å². The minimum Gasteiger partial charge on any atom is -0.496 e. The van der Waals surface area contributed by atoms with E-state index in [-0.39, 0.29) is 0 Å². The lowest BCUT2D eigenvalue weighted by Gasteiger charge is -2.54. The molecule has 0 heterocycles. The van der Waals surface area contributed by atoms with E-state index in [1.807, 2.05) is 6.07 Å². The van der Waals surface area contributed by atoms with Gasteiger partial charge in [-0.1, -0.05) is 18.2 Å². The first-order valence-corrected chi connectivity index (χ1v) is 9.29. The van der Waals surface area contributed by atoms with E-state index in [4.69, 9.17) is 24.5 Å². The Hall–Kier alpha value is -2.08. The van der Waals surface area contributed by atoms with Crippen LogP contribution in [0.4, 0.5) is 0 Å². The zero-order valence-electron chi connectivity index (χ0n) is 15.1. The first kappa shape index (κ1) is 18.7. The average Bonchev–Trinajstić information content (AvgIpc) is 2.61. The van der Waals surface area contributed by atoms with E-state index in [0.29, 0.717) is 0 Å². The molecular formula is C20H27NO5. The third-order valence-corrected chi connectivity index (χ3v) is 6.13. The van der Waals surface area contributed by atoms with Crippen molar-refractivity contribution in [3.05, 3.63) is 29.8 Å². The Kier molecular flexibility index (Phi) is 5.81. The normalized spacial score (nSPS) is 31.0. The number of aliphatic carboxylic acids is 2. The quantitative estimate of drug-likeness (QED) is 0.714. The number of rotatable bonds is 4. The second-order valence-electron chi connectivity index (χ2n) is 7.76. The van der Waals surface area contributed by atoms with Gasteiger partial charge in [0.25, 0.3) is 0 Å². The summed E-state index contributed by atoms with van der Waals surface area (Å²) in [6.45, 7) is 0.955. The van der Waals surface area contributed by atoms with Gasteiger partial charge in [-0.05, 0) is 61.8 Å². The predicted octanol–water partition coefficient (Wildman–Crippen LogP) is 2.77. The average molecular weight is 361 g/mol. The fourth-order valence-electron chi connectivity index (χ4n) is 5.34. The highest BCUT2D eigenvalue weighted by Crippen LogP contribution is 2.53. The second kappa shape index (κ2) is 8.08. The van der Waals surface area contributed by atoms with Crippen molar-refractivity contribution < 1.29 is 24.5 Å². The highest BCUT2D eigenvalue weighted by molar-refractivity contribution is 6.27. The molecule has 0 amide bonds. The van der Waals surface area contributed by atoms with Gasteiger partial charge in [-0.3, -0.25) is 0 Å². The van der Waals surface area contributed by atoms with Gasteiger partial charge in [0.15, 0.2) is 0 Å². The van der Waals surface area contributed by atoms with E-state index in [0.717, 1.165) is 42.0 Å². The van der Waals surface area contributed by atoms with Crippen molar-refractivity contribution in [1.29, 1.82) is 0 Å². The largest absolute Gasteiger partial charge is 0.496 e. The number of ether oxygens (including phenoxy) is 1. The molecule has 0 saturated heterocycles. The molecule has 4 fully saturated rings. The number of methoxy groups -OCH3 is 1. The van der Waals surface area contributed by atoms with Gasteiger partial charge in [-0.15, -0.1) is 0 Å². The van der Waals surface area contributed by atoms with Crippen LogP contribution in [0.15, 0.2) is 24.3 Å². The molecule has 1 aromatic rings. The molecule has 4 bridgehead atoms. The van der Waals surface area contributed by atoms with Crippen LogP contribution in [0.2, 0.25) is 0 Å². The van der Waals surface area contributed by atoms with Crippen LogP contribution < -0.4 is 10.1 Å². The van der Waals surface area contributed by atoms with E-state index in [1.54, 1.807) is 7.11 Å². The van der Waals surface area contributed by atoms with E-state index >= 15 is 0 Å². The van der Waals surface area contributed by atoms with E-state index in [9.17, 15) is 0 Å². The minimum atomic E-state index is -1.82. The van der Waals surface area contributed by atoms with Crippen molar-refractivity contribution in [2.75, 3.05) is 7.11 Å². The van der Waals surface area contributed by atoms with Crippen LogP contribution in [-0.2, 0) is 16.1 Å². The lowest BCUT2D eigenvalue weighted by Crippen LogP contribution is -2.54. The molecule has 6 heteroatoms. The molecule has 0 spiro atoms. The van der Waals surface area contributed by atoms with Gasteiger partial charge in [-0.25, -0.2) is 9.59 Å². The molecule has 1 aromatic carbocycles. The van der Waals surface area contributed by atoms with Crippen LogP contribution in [-0.4, -0.2) is 35.3 Å². The summed E-state index contributed by atoms with van der Waals surface area (Å²) in [5.74, 6) is 1.37. The van der Waals surface area contributed by atoms with Crippen LogP contribution in [0.1, 0.15) is 37.7 Å². The Balaban J connectivity index is 0.000000286. The van der Waals surface area contributed by atoms with Crippen LogP contribution in [0, 0.1) is 23.7 Å². The highest BCUT2D eigenvalue weighted by atomic mass is 16.5. The summed E-state index contributed by atoms with van der Waals surface area (Å²) in [6, 6.07) is 9.16. The minimum absolute atomic E-state index is 0.757. The van der Waals surface area contributed by atoms with Crippen LogP contribution in [0.25, 0.3) is 0 Å². The lowest BCUT2D eigenvalue weighted by molar-refractivity contribution is -0.159. The summed E-state index contributed by atoms with van der Waals surface area (Å²) in [6.07, 6.45) is 7.46. The van der Waals surface area contributed by atoms with Gasteiger partial charge in [0, 0.05) is 18.2 Å². The van der Waals surface area contributed by atoms with Gasteiger partial charge in [-0.2, -0.15) is 0 Å². The summed E-state index contributed by atoms with van der Waals surface area (Å²) >= 11 is 0. The summed E-state index contributed by atoms with van der Waals surface area (Å²) in [4.78, 5) is 18.2. The van der Waals surface area contributed by atoms with Crippen LogP contribution in [0.3, 0.4) is 0 Å². The Morgan fingerprint density at radius 3 is 2.04 bits per heavy atom. The molecule has 3 N–H and O–H groups in total. The van der Waals surface area contributed by atoms with Crippen molar-refractivity contribution in [3.8, 4) is 5.75 Å². The third-order valence-electron chi connectivity index (χ3n) is 6.13. The number of nitrogens with one attached hydrogen (secondary N) is 1. The van der Waals surface area contributed by atoms with Crippen LogP contribution >= 0.6 is 0 Å². The first-order chi connectivity index (χ1) is 12.5. The molecule has 6 nitrogen and oxygen atoms in total. The SMILES string of the molecule is COc1ccccc1CNC1C2CC3CC(C2)CC1C3.O=C(O)C(=O)O. The zero-order valence-corrected chi connectivity index (χ0v) is 15.1. The Bertz CT molecular complexity index is 619. The third kappa shape index (κ3) is 4.18. The second-order valence-corrected chi connectivity index (χ2v) is 7.76. The molecule has 0 radical (unpaired) electrons. The van der Waals surface area contributed by atoms with Gasteiger partial charge in [0.05, 0.1) is 7.11 Å². The van der Waals surface area contributed by atoms with E-state index < -0.39 is 11.9 Å². The van der Waals surface area contributed by atoms with Gasteiger partial charge in [0.1, 0.15) is 5.75 Å². The molecule has 142 valence electrons. The zero-order chi connectivity index (χ0) is 18.7. The number of carboxylic acid groups (broad SMARTS) is 2. The number of para-hydroxylation sites is 1. The lowest BCUT2D eigenvalue weighted by atomic mass is 9.54. The molecule has 4 saturated carbocycles. The number of hydrogen-bond donors (Lipinski definition) is 3. The van der Waals surface area contributed by atoms with Crippen LogP contribution in [0.5, 0.6) is 5.75 Å². The molecule has 26 heavy (non-hydrogen) atoms. The number of benzene rings is 1. The standard InChI is InChI=1S/C18H25NO.C2H2O4/c1-20-17-5-3-2-4-14(17)11-19-18-15-7-12-6-13(9-15)10-16(18)8-12;3-1(4)2(5)6/h2-5,12-13,15-16,18-19H,6-11H2,1H3;(H,3,4)(H,5,6). The number of carboxylic acids is 2. The number of carbonyl (C=O) groups is 2.